The molecule has 0 fully saturated rings. The maximum Gasteiger partial charge on any atom is 0.00313 e. The zero-order valence-corrected chi connectivity index (χ0v) is 9.99. The second kappa shape index (κ2) is 9.53. The van der Waals surface area contributed by atoms with Crippen molar-refractivity contribution in [2.24, 2.45) is 5.92 Å². The van der Waals surface area contributed by atoms with Crippen molar-refractivity contribution in [3.05, 3.63) is 0 Å². The summed E-state index contributed by atoms with van der Waals surface area (Å²) in [4.78, 5) is 0. The van der Waals surface area contributed by atoms with E-state index in [1.165, 1.54) is 38.8 Å². The Bertz CT molecular complexity index is 85.9. The van der Waals surface area contributed by atoms with Gasteiger partial charge in [-0.25, -0.2) is 0 Å². The first-order chi connectivity index (χ1) is 5.81. The molecule has 0 aromatic rings. The van der Waals surface area contributed by atoms with Gasteiger partial charge >= 0.3 is 0 Å². The van der Waals surface area contributed by atoms with Crippen LogP contribution in [-0.2, 0) is 0 Å². The zero-order chi connectivity index (χ0) is 9.23. The molecule has 12 heavy (non-hydrogen) atoms. The fourth-order valence-corrected chi connectivity index (χ4v) is 1.41. The molecular weight excluding hydrogens is 214 g/mol. The van der Waals surface area contributed by atoms with Crippen LogP contribution >= 0.6 is 15.9 Å². The summed E-state index contributed by atoms with van der Waals surface area (Å²) in [5.41, 5.74) is 0. The molecule has 0 aliphatic heterocycles. The lowest BCUT2D eigenvalue weighted by molar-refractivity contribution is 0.491. The number of hydrogen-bond acceptors (Lipinski definition) is 1. The summed E-state index contributed by atoms with van der Waals surface area (Å²) < 4.78 is 0. The van der Waals surface area contributed by atoms with Crippen LogP contribution in [0.2, 0.25) is 0 Å². The predicted octanol–water partition coefficient (Wildman–Crippen LogP) is 3.19. The molecular formula is C10H22BrN. The largest absolute Gasteiger partial charge is 0.316 e. The molecule has 0 aliphatic carbocycles. The maximum absolute atomic E-state index is 3.48. The van der Waals surface area contributed by atoms with Gasteiger partial charge in [-0.1, -0.05) is 42.6 Å². The summed E-state index contributed by atoms with van der Waals surface area (Å²) in [5, 5.41) is 4.63. The smallest absolute Gasteiger partial charge is 0.00313 e. The van der Waals surface area contributed by atoms with E-state index in [1.54, 1.807) is 0 Å². The summed E-state index contributed by atoms with van der Waals surface area (Å²) in [5.74, 6) is 0.834. The number of hydrogen-bond donors (Lipinski definition) is 1. The van der Waals surface area contributed by atoms with Gasteiger partial charge in [-0.3, -0.25) is 0 Å². The van der Waals surface area contributed by atoms with Crippen LogP contribution in [0.3, 0.4) is 0 Å². The zero-order valence-electron chi connectivity index (χ0n) is 8.41. The SMILES string of the molecule is CCC(C)CNCCCCCBr. The Hall–Kier alpha value is 0.440. The first kappa shape index (κ1) is 12.4. The first-order valence-corrected chi connectivity index (χ1v) is 6.20. The lowest BCUT2D eigenvalue weighted by atomic mass is 10.1. The Labute approximate surface area is 85.4 Å². The van der Waals surface area contributed by atoms with Gasteiger partial charge in [-0.15, -0.1) is 0 Å². The van der Waals surface area contributed by atoms with Crippen molar-refractivity contribution in [3.63, 3.8) is 0 Å². The Morgan fingerprint density at radius 2 is 2.00 bits per heavy atom. The van der Waals surface area contributed by atoms with Crippen molar-refractivity contribution in [2.75, 3.05) is 18.4 Å². The second-order valence-electron chi connectivity index (χ2n) is 3.47. The van der Waals surface area contributed by atoms with Crippen molar-refractivity contribution in [3.8, 4) is 0 Å². The van der Waals surface area contributed by atoms with Crippen LogP contribution in [0.25, 0.3) is 0 Å². The van der Waals surface area contributed by atoms with Crippen molar-refractivity contribution >= 4 is 15.9 Å². The molecule has 0 aromatic heterocycles. The third-order valence-corrected chi connectivity index (χ3v) is 2.74. The third-order valence-electron chi connectivity index (χ3n) is 2.18. The highest BCUT2D eigenvalue weighted by molar-refractivity contribution is 9.09. The molecule has 1 unspecified atom stereocenters. The van der Waals surface area contributed by atoms with E-state index in [-0.39, 0.29) is 0 Å². The first-order valence-electron chi connectivity index (χ1n) is 5.08. The molecule has 0 radical (unpaired) electrons. The van der Waals surface area contributed by atoms with Crippen molar-refractivity contribution in [1.82, 2.24) is 5.32 Å². The number of halogens is 1. The average Bonchev–Trinajstić information content (AvgIpc) is 2.10. The molecule has 74 valence electrons. The second-order valence-corrected chi connectivity index (χ2v) is 4.26. The van der Waals surface area contributed by atoms with E-state index in [0.29, 0.717) is 0 Å². The summed E-state index contributed by atoms with van der Waals surface area (Å²) in [6, 6.07) is 0. The minimum absolute atomic E-state index is 0.834. The number of nitrogens with one attached hydrogen (secondary N) is 1. The van der Waals surface area contributed by atoms with E-state index < -0.39 is 0 Å². The topological polar surface area (TPSA) is 12.0 Å². The lowest BCUT2D eigenvalue weighted by Gasteiger charge is -2.09. The molecule has 1 atom stereocenters. The molecule has 1 nitrogen and oxygen atoms in total. The van der Waals surface area contributed by atoms with Gasteiger partial charge < -0.3 is 5.32 Å². The number of alkyl halides is 1. The molecule has 0 amide bonds. The average molecular weight is 236 g/mol. The molecule has 0 saturated carbocycles. The molecule has 0 aromatic carbocycles. The fraction of sp³-hybridized carbons (Fsp3) is 1.00. The molecule has 0 heterocycles. The van der Waals surface area contributed by atoms with Gasteiger partial charge in [-0.05, 0) is 31.8 Å². The van der Waals surface area contributed by atoms with Crippen LogP contribution in [0.1, 0.15) is 39.5 Å². The van der Waals surface area contributed by atoms with Gasteiger partial charge in [0.05, 0.1) is 0 Å². The molecule has 0 saturated heterocycles. The van der Waals surface area contributed by atoms with E-state index in [0.717, 1.165) is 11.2 Å². The van der Waals surface area contributed by atoms with Gasteiger partial charge in [0.1, 0.15) is 0 Å². The Balaban J connectivity index is 2.90. The summed E-state index contributed by atoms with van der Waals surface area (Å²) in [7, 11) is 0. The summed E-state index contributed by atoms with van der Waals surface area (Å²) in [6.45, 7) is 6.92. The van der Waals surface area contributed by atoms with Crippen LogP contribution in [0, 0.1) is 5.92 Å². The molecule has 0 aliphatic rings. The van der Waals surface area contributed by atoms with Gasteiger partial charge in [0.25, 0.3) is 0 Å². The monoisotopic (exact) mass is 235 g/mol. The number of rotatable bonds is 8. The van der Waals surface area contributed by atoms with Crippen LogP contribution in [-0.4, -0.2) is 18.4 Å². The van der Waals surface area contributed by atoms with Gasteiger partial charge in [0, 0.05) is 5.33 Å². The Morgan fingerprint density at radius 3 is 2.58 bits per heavy atom. The van der Waals surface area contributed by atoms with E-state index >= 15 is 0 Å². The van der Waals surface area contributed by atoms with E-state index in [2.05, 4.69) is 35.1 Å². The quantitative estimate of drug-likeness (QED) is 0.504. The highest BCUT2D eigenvalue weighted by Gasteiger charge is 1.96. The van der Waals surface area contributed by atoms with Crippen LogP contribution < -0.4 is 5.32 Å². The van der Waals surface area contributed by atoms with Crippen molar-refractivity contribution < 1.29 is 0 Å². The van der Waals surface area contributed by atoms with Crippen molar-refractivity contribution in [2.45, 2.75) is 39.5 Å². The predicted molar refractivity (Wildman–Crippen MR) is 60.0 cm³/mol. The molecule has 0 bridgehead atoms. The fourth-order valence-electron chi connectivity index (χ4n) is 1.01. The normalized spacial score (nSPS) is 13.2. The minimum atomic E-state index is 0.834. The summed E-state index contributed by atoms with van der Waals surface area (Å²) in [6.07, 6.45) is 5.26. The molecule has 1 N–H and O–H groups in total. The molecule has 2 heteroatoms. The van der Waals surface area contributed by atoms with Gasteiger partial charge in [0.2, 0.25) is 0 Å². The standard InChI is InChI=1S/C10H22BrN/c1-3-10(2)9-12-8-6-4-5-7-11/h10,12H,3-9H2,1-2H3. The molecule has 0 spiro atoms. The number of unbranched alkanes of at least 4 members (excludes halogenated alkanes) is 2. The van der Waals surface area contributed by atoms with E-state index in [1.807, 2.05) is 0 Å². The van der Waals surface area contributed by atoms with Crippen LogP contribution in [0.5, 0.6) is 0 Å². The van der Waals surface area contributed by atoms with E-state index in [9.17, 15) is 0 Å². The molecule has 0 rings (SSSR count). The maximum atomic E-state index is 3.48. The summed E-state index contributed by atoms with van der Waals surface area (Å²) >= 11 is 3.43. The highest BCUT2D eigenvalue weighted by Crippen LogP contribution is 1.99. The lowest BCUT2D eigenvalue weighted by Crippen LogP contribution is -2.21. The minimum Gasteiger partial charge on any atom is -0.316 e. The Morgan fingerprint density at radius 1 is 1.25 bits per heavy atom. The Kier molecular flexibility index (Phi) is 9.88. The van der Waals surface area contributed by atoms with Crippen LogP contribution in [0.15, 0.2) is 0 Å². The van der Waals surface area contributed by atoms with Gasteiger partial charge in [0.15, 0.2) is 0 Å². The van der Waals surface area contributed by atoms with Gasteiger partial charge in [-0.2, -0.15) is 0 Å². The third kappa shape index (κ3) is 8.54. The van der Waals surface area contributed by atoms with E-state index in [4.69, 9.17) is 0 Å². The highest BCUT2D eigenvalue weighted by atomic mass is 79.9. The van der Waals surface area contributed by atoms with Crippen LogP contribution in [0.4, 0.5) is 0 Å². The van der Waals surface area contributed by atoms with Crippen molar-refractivity contribution in [1.29, 1.82) is 0 Å².